The Bertz CT molecular complexity index is 454. The molecule has 0 aromatic heterocycles. The standard InChI is InChI=1S/C10H11F3N2O3.ClH/c1-18-9-3-2-6(4-8(9)15(16)17)7(14)5-10(11,12)13;/h2-4,7H,5,14H2,1H3;1H/t7-;/m0./s1. The van der Waals surface area contributed by atoms with Crippen LogP contribution in [0.4, 0.5) is 18.9 Å². The van der Waals surface area contributed by atoms with Crippen LogP contribution in [-0.2, 0) is 0 Å². The fraction of sp³-hybridized carbons (Fsp3) is 0.400. The number of hydrogen-bond acceptors (Lipinski definition) is 4. The molecular formula is C10H12ClF3N2O3. The summed E-state index contributed by atoms with van der Waals surface area (Å²) in [5, 5.41) is 10.7. The zero-order valence-electron chi connectivity index (χ0n) is 9.81. The Hall–Kier alpha value is -1.54. The van der Waals surface area contributed by atoms with E-state index < -0.39 is 29.2 Å². The summed E-state index contributed by atoms with van der Waals surface area (Å²) in [5.74, 6) is -0.0250. The number of nitrogens with zero attached hydrogens (tertiary/aromatic N) is 1. The first kappa shape index (κ1) is 17.5. The second kappa shape index (κ2) is 6.58. The largest absolute Gasteiger partial charge is 0.490 e. The number of hydrogen-bond donors (Lipinski definition) is 1. The van der Waals surface area contributed by atoms with E-state index in [4.69, 9.17) is 10.5 Å². The van der Waals surface area contributed by atoms with Crippen LogP contribution < -0.4 is 10.5 Å². The van der Waals surface area contributed by atoms with Crippen LogP contribution in [0.3, 0.4) is 0 Å². The van der Waals surface area contributed by atoms with Gasteiger partial charge in [0.1, 0.15) is 0 Å². The molecule has 0 aliphatic rings. The van der Waals surface area contributed by atoms with Crippen LogP contribution in [0, 0.1) is 10.1 Å². The fourth-order valence-corrected chi connectivity index (χ4v) is 1.45. The molecule has 0 bridgehead atoms. The fourth-order valence-electron chi connectivity index (χ4n) is 1.45. The zero-order valence-corrected chi connectivity index (χ0v) is 10.6. The van der Waals surface area contributed by atoms with E-state index in [-0.39, 0.29) is 23.7 Å². The average molecular weight is 301 g/mol. The lowest BCUT2D eigenvalue weighted by Crippen LogP contribution is -2.20. The van der Waals surface area contributed by atoms with E-state index in [1.54, 1.807) is 0 Å². The van der Waals surface area contributed by atoms with Crippen molar-refractivity contribution in [3.05, 3.63) is 33.9 Å². The number of benzene rings is 1. The van der Waals surface area contributed by atoms with E-state index in [0.717, 1.165) is 6.07 Å². The summed E-state index contributed by atoms with van der Waals surface area (Å²) in [6.45, 7) is 0. The lowest BCUT2D eigenvalue weighted by molar-refractivity contribution is -0.385. The second-order valence-corrected chi connectivity index (χ2v) is 3.61. The number of halogens is 4. The molecule has 0 saturated carbocycles. The lowest BCUT2D eigenvalue weighted by Gasteiger charge is -2.14. The molecule has 1 atom stereocenters. The molecule has 0 fully saturated rings. The molecular weight excluding hydrogens is 289 g/mol. The Morgan fingerprint density at radius 2 is 2.05 bits per heavy atom. The minimum atomic E-state index is -4.42. The van der Waals surface area contributed by atoms with Gasteiger partial charge in [0.2, 0.25) is 0 Å². The van der Waals surface area contributed by atoms with Crippen LogP contribution in [0.2, 0.25) is 0 Å². The highest BCUT2D eigenvalue weighted by Crippen LogP contribution is 2.33. The van der Waals surface area contributed by atoms with E-state index in [1.807, 2.05) is 0 Å². The Labute approximate surface area is 113 Å². The molecule has 0 aliphatic heterocycles. The average Bonchev–Trinajstić information content (AvgIpc) is 2.25. The maximum Gasteiger partial charge on any atom is 0.390 e. The van der Waals surface area contributed by atoms with Crippen molar-refractivity contribution in [1.29, 1.82) is 0 Å². The summed E-state index contributed by atoms with van der Waals surface area (Å²) < 4.78 is 41.2. The first-order valence-corrected chi connectivity index (χ1v) is 4.89. The van der Waals surface area contributed by atoms with E-state index in [2.05, 4.69) is 0 Å². The van der Waals surface area contributed by atoms with Crippen molar-refractivity contribution in [2.45, 2.75) is 18.6 Å². The summed E-state index contributed by atoms with van der Waals surface area (Å²) in [6, 6.07) is 2.16. The molecule has 0 heterocycles. The number of ether oxygens (including phenoxy) is 1. The highest BCUT2D eigenvalue weighted by Gasteiger charge is 2.31. The third-order valence-electron chi connectivity index (χ3n) is 2.28. The van der Waals surface area contributed by atoms with Gasteiger partial charge in [-0.1, -0.05) is 6.07 Å². The molecule has 0 radical (unpaired) electrons. The van der Waals surface area contributed by atoms with Crippen molar-refractivity contribution in [2.24, 2.45) is 5.73 Å². The quantitative estimate of drug-likeness (QED) is 0.685. The molecule has 0 saturated heterocycles. The lowest BCUT2D eigenvalue weighted by atomic mass is 10.0. The number of alkyl halides is 3. The zero-order chi connectivity index (χ0) is 13.9. The van der Waals surface area contributed by atoms with Gasteiger partial charge in [-0.15, -0.1) is 12.4 Å². The number of nitrogens with two attached hydrogens (primary N) is 1. The molecule has 0 unspecified atom stereocenters. The van der Waals surface area contributed by atoms with Crippen molar-refractivity contribution < 1.29 is 22.8 Å². The van der Waals surface area contributed by atoms with Crippen molar-refractivity contribution in [3.8, 4) is 5.75 Å². The molecule has 0 aliphatic carbocycles. The maximum atomic E-state index is 12.2. The highest BCUT2D eigenvalue weighted by atomic mass is 35.5. The third-order valence-corrected chi connectivity index (χ3v) is 2.28. The molecule has 5 nitrogen and oxygen atoms in total. The predicted molar refractivity (Wildman–Crippen MR) is 64.5 cm³/mol. The molecule has 0 amide bonds. The Morgan fingerprint density at radius 1 is 1.47 bits per heavy atom. The van der Waals surface area contributed by atoms with Gasteiger partial charge >= 0.3 is 11.9 Å². The number of methoxy groups -OCH3 is 1. The summed E-state index contributed by atoms with van der Waals surface area (Å²) in [6.07, 6.45) is -5.66. The first-order chi connectivity index (χ1) is 8.24. The Balaban J connectivity index is 0.00000324. The van der Waals surface area contributed by atoms with Crippen molar-refractivity contribution in [2.75, 3.05) is 7.11 Å². The van der Waals surface area contributed by atoms with Gasteiger partial charge in [-0.05, 0) is 11.6 Å². The number of nitro groups is 1. The molecule has 108 valence electrons. The predicted octanol–water partition coefficient (Wildman–Crippen LogP) is 2.98. The molecule has 1 aromatic carbocycles. The van der Waals surface area contributed by atoms with Gasteiger partial charge in [0.15, 0.2) is 5.75 Å². The normalized spacial score (nSPS) is 12.5. The van der Waals surface area contributed by atoms with Gasteiger partial charge < -0.3 is 10.5 Å². The van der Waals surface area contributed by atoms with Gasteiger partial charge in [-0.3, -0.25) is 10.1 Å². The molecule has 1 aromatic rings. The topological polar surface area (TPSA) is 78.4 Å². The third kappa shape index (κ3) is 4.92. The van der Waals surface area contributed by atoms with Crippen LogP contribution in [-0.4, -0.2) is 18.2 Å². The van der Waals surface area contributed by atoms with Gasteiger partial charge in [0.25, 0.3) is 0 Å². The second-order valence-electron chi connectivity index (χ2n) is 3.61. The van der Waals surface area contributed by atoms with Gasteiger partial charge in [-0.2, -0.15) is 13.2 Å². The van der Waals surface area contributed by atoms with Crippen LogP contribution in [0.5, 0.6) is 5.75 Å². The molecule has 9 heteroatoms. The van der Waals surface area contributed by atoms with Crippen LogP contribution in [0.1, 0.15) is 18.0 Å². The number of nitro benzene ring substituents is 1. The van der Waals surface area contributed by atoms with Crippen LogP contribution in [0.15, 0.2) is 18.2 Å². The van der Waals surface area contributed by atoms with Crippen molar-refractivity contribution in [3.63, 3.8) is 0 Å². The van der Waals surface area contributed by atoms with E-state index in [9.17, 15) is 23.3 Å². The van der Waals surface area contributed by atoms with Crippen molar-refractivity contribution >= 4 is 18.1 Å². The Kier molecular flexibility index (Phi) is 6.04. The van der Waals surface area contributed by atoms with E-state index in [1.165, 1.54) is 19.2 Å². The Morgan fingerprint density at radius 3 is 2.47 bits per heavy atom. The van der Waals surface area contributed by atoms with E-state index in [0.29, 0.717) is 0 Å². The smallest absolute Gasteiger partial charge is 0.390 e. The summed E-state index contributed by atoms with van der Waals surface area (Å²) in [4.78, 5) is 9.97. The van der Waals surface area contributed by atoms with Crippen molar-refractivity contribution in [1.82, 2.24) is 0 Å². The van der Waals surface area contributed by atoms with Gasteiger partial charge in [0.05, 0.1) is 18.5 Å². The summed E-state index contributed by atoms with van der Waals surface area (Å²) in [7, 11) is 1.23. The molecule has 0 spiro atoms. The van der Waals surface area contributed by atoms with Crippen LogP contribution >= 0.6 is 12.4 Å². The summed E-state index contributed by atoms with van der Waals surface area (Å²) >= 11 is 0. The van der Waals surface area contributed by atoms with Crippen LogP contribution in [0.25, 0.3) is 0 Å². The first-order valence-electron chi connectivity index (χ1n) is 4.89. The highest BCUT2D eigenvalue weighted by molar-refractivity contribution is 5.85. The van der Waals surface area contributed by atoms with Gasteiger partial charge in [-0.25, -0.2) is 0 Å². The molecule has 19 heavy (non-hydrogen) atoms. The SMILES string of the molecule is COc1ccc([C@@H](N)CC(F)(F)F)cc1[N+](=O)[O-].Cl. The monoisotopic (exact) mass is 300 g/mol. The summed E-state index contributed by atoms with van der Waals surface area (Å²) in [5.41, 5.74) is 4.99. The van der Waals surface area contributed by atoms with Gasteiger partial charge in [0, 0.05) is 12.1 Å². The maximum absolute atomic E-state index is 12.2. The molecule has 1 rings (SSSR count). The minimum absolute atomic E-state index is 0. The number of rotatable bonds is 4. The van der Waals surface area contributed by atoms with E-state index >= 15 is 0 Å². The molecule has 2 N–H and O–H groups in total. The minimum Gasteiger partial charge on any atom is -0.490 e.